The van der Waals surface area contributed by atoms with Gasteiger partial charge in [0.05, 0.1) is 35.3 Å². The Kier molecular flexibility index (Phi) is 11.2. The van der Waals surface area contributed by atoms with Gasteiger partial charge in [-0.2, -0.15) is 0 Å². The van der Waals surface area contributed by atoms with Gasteiger partial charge in [-0.1, -0.05) is 0 Å². The molecule has 45 heavy (non-hydrogen) atoms. The number of hydrogen-bond donors (Lipinski definition) is 3. The van der Waals surface area contributed by atoms with E-state index in [-0.39, 0.29) is 5.91 Å². The molecule has 2 aliphatic heterocycles. The Morgan fingerprint density at radius 3 is 2.33 bits per heavy atom. The second-order valence-corrected chi connectivity index (χ2v) is 12.8. The summed E-state index contributed by atoms with van der Waals surface area (Å²) in [6.07, 6.45) is 3.64. The van der Waals surface area contributed by atoms with Gasteiger partial charge >= 0.3 is 18.2 Å². The summed E-state index contributed by atoms with van der Waals surface area (Å²) in [6.45, 7) is 17.3. The smallest absolute Gasteiger partial charge is 0.410 e. The molecule has 0 saturated carbocycles. The van der Waals surface area contributed by atoms with E-state index in [1.54, 1.807) is 73.9 Å². The Morgan fingerprint density at radius 1 is 1.09 bits per heavy atom. The van der Waals surface area contributed by atoms with Crippen LogP contribution in [0.4, 0.5) is 21.1 Å². The molecule has 246 valence electrons. The first-order valence-electron chi connectivity index (χ1n) is 15.0. The first-order chi connectivity index (χ1) is 21.0. The molecule has 1 saturated heterocycles. The maximum Gasteiger partial charge on any atom is 0.410 e. The highest BCUT2D eigenvalue weighted by Gasteiger charge is 2.28. The molecule has 13 nitrogen and oxygen atoms in total. The molecule has 0 radical (unpaired) electrons. The van der Waals surface area contributed by atoms with Crippen molar-refractivity contribution in [2.45, 2.75) is 73.0 Å². The Bertz CT molecular complexity index is 1430. The highest BCUT2D eigenvalue weighted by atomic mass is 16.6. The third-order valence-electron chi connectivity index (χ3n) is 6.44. The zero-order valence-electron chi connectivity index (χ0n) is 27.8. The van der Waals surface area contributed by atoms with Gasteiger partial charge in [0, 0.05) is 44.5 Å². The van der Waals surface area contributed by atoms with Crippen LogP contribution in [0.2, 0.25) is 0 Å². The van der Waals surface area contributed by atoms with E-state index in [4.69, 9.17) is 14.2 Å². The molecule has 4 heterocycles. The van der Waals surface area contributed by atoms with Crippen molar-refractivity contribution in [1.29, 1.82) is 0 Å². The number of rotatable bonds is 7. The van der Waals surface area contributed by atoms with Crippen LogP contribution in [-0.2, 0) is 19.0 Å². The number of fused-ring (bicyclic) bond motifs is 1. The molecular weight excluding hydrogens is 580 g/mol. The molecule has 0 aromatic carbocycles. The van der Waals surface area contributed by atoms with Crippen molar-refractivity contribution in [3.8, 4) is 0 Å². The molecule has 4 rings (SSSR count). The van der Waals surface area contributed by atoms with Crippen LogP contribution in [0.1, 0.15) is 82.2 Å². The van der Waals surface area contributed by atoms with Gasteiger partial charge in [-0.05, 0) is 80.0 Å². The number of amides is 3. The van der Waals surface area contributed by atoms with E-state index in [1.807, 2.05) is 13.0 Å². The number of hydrogen-bond acceptors (Lipinski definition) is 9. The van der Waals surface area contributed by atoms with Gasteiger partial charge in [-0.25, -0.2) is 19.4 Å². The first kappa shape index (κ1) is 34.9. The minimum absolute atomic E-state index is 0.204. The molecule has 2 aromatic heterocycles. The summed E-state index contributed by atoms with van der Waals surface area (Å²) in [4.78, 5) is 58.8. The van der Waals surface area contributed by atoms with Crippen LogP contribution in [0.5, 0.6) is 0 Å². The number of aromatic amines is 1. The summed E-state index contributed by atoms with van der Waals surface area (Å²) in [5, 5.41) is 5.41. The highest BCUT2D eigenvalue weighted by molar-refractivity contribution is 6.35. The Labute approximate surface area is 264 Å². The summed E-state index contributed by atoms with van der Waals surface area (Å²) in [5.41, 5.74) is 2.77. The fourth-order valence-corrected chi connectivity index (χ4v) is 4.26. The lowest BCUT2D eigenvalue weighted by Gasteiger charge is -2.32. The van der Waals surface area contributed by atoms with Gasteiger partial charge in [0.15, 0.2) is 0 Å². The standard InChI is InChI=1S/C19H20N4O3.C13H26N2O4/c1-3-26-19(25)14-7-11(2)21-15(14)8-13-12-9-17(23-5-4-6-23)20-10-16(12)22-18(13)24;1-12(2,3)18-10(16)14-8-9-15(7)11(17)19-13(4,5)6/h7-10,21H,3-6H2,1-2H3,(H,22,24);8-9H2,1-7H3,(H,14,16)/b13-8-;. The SMILES string of the molecule is CCOC(=O)c1cc(C)[nH]c1/C=C1\C(=O)Nc2cnc(N3CCC3)cc21.CN(CCNC(=O)OC(C)(C)C)C(=O)OC(C)(C)C. The number of esters is 1. The number of likely N-dealkylation sites (N-methyl/N-ethyl adjacent to an activating group) is 1. The van der Waals surface area contributed by atoms with E-state index in [2.05, 4.69) is 25.5 Å². The fraction of sp³-hybridized carbons (Fsp3) is 0.531. The molecule has 3 amide bonds. The van der Waals surface area contributed by atoms with E-state index in [9.17, 15) is 19.2 Å². The number of nitrogens with zero attached hydrogens (tertiary/aromatic N) is 3. The van der Waals surface area contributed by atoms with Crippen LogP contribution >= 0.6 is 0 Å². The van der Waals surface area contributed by atoms with E-state index < -0.39 is 29.4 Å². The lowest BCUT2D eigenvalue weighted by atomic mass is 10.1. The molecule has 0 atom stereocenters. The van der Waals surface area contributed by atoms with E-state index >= 15 is 0 Å². The topological polar surface area (TPSA) is 155 Å². The van der Waals surface area contributed by atoms with Crippen LogP contribution in [-0.4, -0.2) is 90.0 Å². The predicted molar refractivity (Wildman–Crippen MR) is 172 cm³/mol. The third kappa shape index (κ3) is 10.3. The van der Waals surface area contributed by atoms with E-state index in [1.165, 1.54) is 4.90 Å². The van der Waals surface area contributed by atoms with Crippen LogP contribution < -0.4 is 15.5 Å². The van der Waals surface area contributed by atoms with Gasteiger partial charge in [0.1, 0.15) is 17.0 Å². The lowest BCUT2D eigenvalue weighted by molar-refractivity contribution is -0.110. The van der Waals surface area contributed by atoms with Gasteiger partial charge in [-0.15, -0.1) is 0 Å². The second-order valence-electron chi connectivity index (χ2n) is 12.8. The maximum atomic E-state index is 12.5. The number of anilines is 2. The molecule has 0 spiro atoms. The Morgan fingerprint density at radius 2 is 1.76 bits per heavy atom. The third-order valence-corrected chi connectivity index (χ3v) is 6.44. The Balaban J connectivity index is 0.000000261. The van der Waals surface area contributed by atoms with Crippen LogP contribution in [0, 0.1) is 6.92 Å². The Hall–Kier alpha value is -4.55. The van der Waals surface area contributed by atoms with Crippen LogP contribution in [0.25, 0.3) is 11.6 Å². The van der Waals surface area contributed by atoms with E-state index in [0.29, 0.717) is 42.2 Å². The minimum atomic E-state index is -0.527. The first-order valence-corrected chi connectivity index (χ1v) is 15.0. The summed E-state index contributed by atoms with van der Waals surface area (Å²) in [6, 6.07) is 3.66. The summed E-state index contributed by atoms with van der Waals surface area (Å²) >= 11 is 0. The normalized spacial score (nSPS) is 14.8. The number of carbonyl (C=O) groups is 4. The predicted octanol–water partition coefficient (Wildman–Crippen LogP) is 4.98. The number of ether oxygens (including phenoxy) is 3. The largest absolute Gasteiger partial charge is 0.462 e. The zero-order valence-corrected chi connectivity index (χ0v) is 27.8. The number of alkyl carbamates (subject to hydrolysis) is 1. The summed E-state index contributed by atoms with van der Waals surface area (Å²) in [5.74, 6) is 0.258. The minimum Gasteiger partial charge on any atom is -0.462 e. The van der Waals surface area contributed by atoms with Gasteiger partial charge in [0.25, 0.3) is 5.91 Å². The molecule has 0 bridgehead atoms. The zero-order chi connectivity index (χ0) is 33.5. The number of aryl methyl sites for hydroxylation is 1. The van der Waals surface area contributed by atoms with Gasteiger partial charge in [-0.3, -0.25) is 4.79 Å². The lowest BCUT2D eigenvalue weighted by Crippen LogP contribution is -2.40. The van der Waals surface area contributed by atoms with Crippen molar-refractivity contribution >= 4 is 47.2 Å². The number of carbonyl (C=O) groups excluding carboxylic acids is 4. The van der Waals surface area contributed by atoms with Crippen LogP contribution in [0.15, 0.2) is 18.3 Å². The molecule has 1 fully saturated rings. The van der Waals surface area contributed by atoms with E-state index in [0.717, 1.165) is 36.6 Å². The van der Waals surface area contributed by atoms with Gasteiger partial charge in [0.2, 0.25) is 0 Å². The van der Waals surface area contributed by atoms with Crippen LogP contribution in [0.3, 0.4) is 0 Å². The molecule has 3 N–H and O–H groups in total. The average molecular weight is 627 g/mol. The highest BCUT2D eigenvalue weighted by Crippen LogP contribution is 2.36. The van der Waals surface area contributed by atoms with Crippen molar-refractivity contribution in [3.63, 3.8) is 0 Å². The van der Waals surface area contributed by atoms with Crippen molar-refractivity contribution in [3.05, 3.63) is 40.8 Å². The van der Waals surface area contributed by atoms with Crippen molar-refractivity contribution < 1.29 is 33.4 Å². The van der Waals surface area contributed by atoms with Crippen molar-refractivity contribution in [1.82, 2.24) is 20.2 Å². The monoisotopic (exact) mass is 626 g/mol. The second kappa shape index (κ2) is 14.5. The number of H-pyrrole nitrogens is 1. The number of nitrogens with one attached hydrogen (secondary N) is 3. The average Bonchev–Trinajstić information content (AvgIpc) is 3.40. The molecular formula is C32H46N6O7. The molecule has 13 heteroatoms. The molecule has 2 aliphatic rings. The molecule has 2 aromatic rings. The molecule has 0 unspecified atom stereocenters. The fourth-order valence-electron chi connectivity index (χ4n) is 4.26. The number of aromatic nitrogens is 2. The number of pyridine rings is 1. The summed E-state index contributed by atoms with van der Waals surface area (Å²) in [7, 11) is 1.62. The summed E-state index contributed by atoms with van der Waals surface area (Å²) < 4.78 is 15.4. The molecule has 0 aliphatic carbocycles. The van der Waals surface area contributed by atoms with Gasteiger partial charge < -0.3 is 39.6 Å². The van der Waals surface area contributed by atoms with Crippen molar-refractivity contribution in [2.24, 2.45) is 0 Å². The quantitative estimate of drug-likeness (QED) is 0.219. The van der Waals surface area contributed by atoms with Crippen molar-refractivity contribution in [2.75, 3.05) is 50.1 Å². The maximum absolute atomic E-state index is 12.5.